The number of fused-ring (bicyclic) bond motifs is 1. The summed E-state index contributed by atoms with van der Waals surface area (Å²) in [6.07, 6.45) is 1.26. The molecule has 1 N–H and O–H groups in total. The third kappa shape index (κ3) is 4.14. The molecule has 146 valence electrons. The van der Waals surface area contributed by atoms with Gasteiger partial charge in [0.25, 0.3) is 5.56 Å². The van der Waals surface area contributed by atoms with Crippen molar-refractivity contribution in [1.29, 1.82) is 0 Å². The Morgan fingerprint density at radius 1 is 1.17 bits per heavy atom. The van der Waals surface area contributed by atoms with E-state index >= 15 is 0 Å². The Balaban J connectivity index is 1.54. The van der Waals surface area contributed by atoms with Crippen LogP contribution in [0.4, 0.5) is 10.1 Å². The normalized spacial score (nSPS) is 11.0. The van der Waals surface area contributed by atoms with E-state index in [0.29, 0.717) is 16.3 Å². The lowest BCUT2D eigenvalue weighted by atomic mass is 10.2. The second-order valence-electron chi connectivity index (χ2n) is 6.28. The average Bonchev–Trinajstić information content (AvgIpc) is 3.09. The zero-order chi connectivity index (χ0) is 20.4. The van der Waals surface area contributed by atoms with Crippen molar-refractivity contribution in [2.24, 2.45) is 0 Å². The van der Waals surface area contributed by atoms with Crippen molar-refractivity contribution in [2.75, 3.05) is 5.32 Å². The van der Waals surface area contributed by atoms with Gasteiger partial charge >= 0.3 is 0 Å². The first-order chi connectivity index (χ1) is 14.0. The molecule has 0 bridgehead atoms. The minimum Gasteiger partial charge on any atom is -0.325 e. The number of nitrogens with zero attached hydrogens (tertiary/aromatic N) is 5. The second-order valence-corrected chi connectivity index (χ2v) is 6.72. The van der Waals surface area contributed by atoms with E-state index in [-0.39, 0.29) is 30.1 Å². The summed E-state index contributed by atoms with van der Waals surface area (Å²) in [6, 6.07) is 12.6. The molecule has 0 atom stereocenters. The van der Waals surface area contributed by atoms with Gasteiger partial charge in [0.1, 0.15) is 18.7 Å². The minimum absolute atomic E-state index is 0.0307. The highest BCUT2D eigenvalue weighted by molar-refractivity contribution is 6.30. The Morgan fingerprint density at radius 2 is 1.97 bits per heavy atom. The van der Waals surface area contributed by atoms with Crippen molar-refractivity contribution in [3.63, 3.8) is 0 Å². The van der Waals surface area contributed by atoms with E-state index in [1.165, 1.54) is 23.1 Å². The number of nitrogens with one attached hydrogen (secondary N) is 1. The molecule has 0 saturated heterocycles. The van der Waals surface area contributed by atoms with Crippen LogP contribution in [0, 0.1) is 5.82 Å². The van der Waals surface area contributed by atoms with Gasteiger partial charge in [-0.2, -0.15) is 0 Å². The van der Waals surface area contributed by atoms with Crippen LogP contribution in [0.5, 0.6) is 0 Å². The number of carbonyl (C=O) groups excluding carboxylic acids is 1. The van der Waals surface area contributed by atoms with Crippen molar-refractivity contribution < 1.29 is 9.18 Å². The molecule has 2 aromatic heterocycles. The van der Waals surface area contributed by atoms with Crippen LogP contribution in [0.2, 0.25) is 5.02 Å². The maximum absolute atomic E-state index is 13.4. The monoisotopic (exact) mass is 412 g/mol. The molecule has 0 unspecified atom stereocenters. The third-order valence-corrected chi connectivity index (χ3v) is 4.41. The molecule has 2 aromatic carbocycles. The molecular weight excluding hydrogens is 399 g/mol. The van der Waals surface area contributed by atoms with Gasteiger partial charge < -0.3 is 5.32 Å². The molecule has 4 aromatic rings. The number of amides is 1. The van der Waals surface area contributed by atoms with Crippen LogP contribution in [-0.4, -0.2) is 30.5 Å². The van der Waals surface area contributed by atoms with Crippen LogP contribution >= 0.6 is 11.6 Å². The summed E-state index contributed by atoms with van der Waals surface area (Å²) in [4.78, 5) is 29.1. The van der Waals surface area contributed by atoms with Crippen LogP contribution in [0.3, 0.4) is 0 Å². The molecule has 29 heavy (non-hydrogen) atoms. The summed E-state index contributed by atoms with van der Waals surface area (Å²) in [7, 11) is 0. The van der Waals surface area contributed by atoms with E-state index < -0.39 is 11.5 Å². The minimum atomic E-state index is -0.494. The van der Waals surface area contributed by atoms with Gasteiger partial charge in [-0.05, 0) is 42.0 Å². The molecule has 0 fully saturated rings. The highest BCUT2D eigenvalue weighted by Crippen LogP contribution is 2.13. The van der Waals surface area contributed by atoms with Gasteiger partial charge in [-0.15, -0.1) is 5.10 Å². The van der Waals surface area contributed by atoms with Crippen molar-refractivity contribution in [2.45, 2.75) is 13.1 Å². The summed E-state index contributed by atoms with van der Waals surface area (Å²) in [5.74, 6) is -0.767. The molecule has 0 aliphatic heterocycles. The van der Waals surface area contributed by atoms with E-state index in [1.54, 1.807) is 36.4 Å². The van der Waals surface area contributed by atoms with E-state index in [0.717, 1.165) is 4.57 Å². The van der Waals surface area contributed by atoms with Gasteiger partial charge in [0.2, 0.25) is 5.91 Å². The van der Waals surface area contributed by atoms with Crippen molar-refractivity contribution in [3.8, 4) is 0 Å². The lowest BCUT2D eigenvalue weighted by Crippen LogP contribution is -2.28. The summed E-state index contributed by atoms with van der Waals surface area (Å²) in [6.45, 7) is -0.0249. The van der Waals surface area contributed by atoms with Gasteiger partial charge in [-0.25, -0.2) is 14.1 Å². The zero-order valence-electron chi connectivity index (χ0n) is 14.9. The summed E-state index contributed by atoms with van der Waals surface area (Å²) in [5.41, 5.74) is 1.01. The molecule has 8 nitrogen and oxygen atoms in total. The number of rotatable bonds is 5. The van der Waals surface area contributed by atoms with Gasteiger partial charge in [-0.3, -0.25) is 14.2 Å². The molecule has 0 aliphatic rings. The second kappa shape index (κ2) is 7.80. The smallest absolute Gasteiger partial charge is 0.283 e. The Labute approximate surface area is 168 Å². The first kappa shape index (κ1) is 18.8. The maximum Gasteiger partial charge on any atom is 0.283 e. The number of aromatic nitrogens is 5. The first-order valence-electron chi connectivity index (χ1n) is 8.58. The third-order valence-electron chi connectivity index (χ3n) is 4.16. The molecule has 0 spiro atoms. The number of halogens is 2. The van der Waals surface area contributed by atoms with E-state index in [9.17, 15) is 14.0 Å². The molecule has 1 amide bonds. The van der Waals surface area contributed by atoms with Crippen LogP contribution in [-0.2, 0) is 17.9 Å². The molecule has 4 rings (SSSR count). The van der Waals surface area contributed by atoms with Gasteiger partial charge in [0, 0.05) is 10.7 Å². The molecule has 0 aliphatic carbocycles. The Hall–Kier alpha value is -3.59. The zero-order valence-corrected chi connectivity index (χ0v) is 15.7. The number of hydrogen-bond acceptors (Lipinski definition) is 5. The highest BCUT2D eigenvalue weighted by Gasteiger charge is 2.14. The quantitative estimate of drug-likeness (QED) is 0.543. The molecule has 0 saturated carbocycles. The average molecular weight is 413 g/mol. The summed E-state index contributed by atoms with van der Waals surface area (Å²) < 4.78 is 15.9. The number of benzene rings is 2. The fourth-order valence-electron chi connectivity index (χ4n) is 2.80. The molecular formula is C19H14ClFN6O2. The standard InChI is InChI=1S/C19H14ClFN6O2/c20-13-4-6-15(7-5-13)23-16(28)10-26-11-22-18-17(19(26)29)24-25-27(18)9-12-2-1-3-14(21)8-12/h1-8,11H,9-10H2,(H,23,28). The number of hydrogen-bond donors (Lipinski definition) is 1. The van der Waals surface area contributed by atoms with Crippen LogP contribution < -0.4 is 10.9 Å². The van der Waals surface area contributed by atoms with Gasteiger partial charge in [0.15, 0.2) is 11.2 Å². The van der Waals surface area contributed by atoms with E-state index in [2.05, 4.69) is 20.6 Å². The summed E-state index contributed by atoms with van der Waals surface area (Å²) >= 11 is 5.82. The fraction of sp³-hybridized carbons (Fsp3) is 0.105. The van der Waals surface area contributed by atoms with Crippen molar-refractivity contribution >= 4 is 34.4 Å². The highest BCUT2D eigenvalue weighted by atomic mass is 35.5. The fourth-order valence-corrected chi connectivity index (χ4v) is 2.93. The topological polar surface area (TPSA) is 94.7 Å². The lowest BCUT2D eigenvalue weighted by molar-refractivity contribution is -0.116. The summed E-state index contributed by atoms with van der Waals surface area (Å²) in [5, 5.41) is 11.0. The molecule has 0 radical (unpaired) electrons. The van der Waals surface area contributed by atoms with Gasteiger partial charge in [-0.1, -0.05) is 28.9 Å². The molecule has 2 heterocycles. The Bertz CT molecular complexity index is 1250. The largest absolute Gasteiger partial charge is 0.325 e. The van der Waals surface area contributed by atoms with Crippen LogP contribution in [0.1, 0.15) is 5.56 Å². The van der Waals surface area contributed by atoms with Gasteiger partial charge in [0.05, 0.1) is 6.54 Å². The first-order valence-corrected chi connectivity index (χ1v) is 8.96. The number of carbonyl (C=O) groups is 1. The van der Waals surface area contributed by atoms with Crippen molar-refractivity contribution in [1.82, 2.24) is 24.5 Å². The van der Waals surface area contributed by atoms with Crippen LogP contribution in [0.25, 0.3) is 11.2 Å². The Kier molecular flexibility index (Phi) is 5.05. The van der Waals surface area contributed by atoms with E-state index in [4.69, 9.17) is 11.6 Å². The predicted octanol–water partition coefficient (Wildman–Crippen LogP) is 2.47. The number of anilines is 1. The predicted molar refractivity (Wildman–Crippen MR) is 105 cm³/mol. The van der Waals surface area contributed by atoms with Crippen molar-refractivity contribution in [3.05, 3.63) is 81.6 Å². The van der Waals surface area contributed by atoms with Crippen LogP contribution in [0.15, 0.2) is 59.7 Å². The SMILES string of the molecule is O=C(Cn1cnc2c(nnn2Cc2cccc(F)c2)c1=O)Nc1ccc(Cl)cc1. The maximum atomic E-state index is 13.4. The molecule has 10 heteroatoms. The lowest BCUT2D eigenvalue weighted by Gasteiger charge is -2.07. The van der Waals surface area contributed by atoms with E-state index in [1.807, 2.05) is 0 Å². The Morgan fingerprint density at radius 3 is 2.72 bits per heavy atom.